The summed E-state index contributed by atoms with van der Waals surface area (Å²) in [6, 6.07) is 0. The summed E-state index contributed by atoms with van der Waals surface area (Å²) >= 11 is 3.47. The summed E-state index contributed by atoms with van der Waals surface area (Å²) in [5.74, 6) is 0.260. The molecule has 4 heteroatoms. The van der Waals surface area contributed by atoms with Crippen LogP contribution in [0.2, 0.25) is 0 Å². The molecule has 3 nitrogen and oxygen atoms in total. The van der Waals surface area contributed by atoms with Gasteiger partial charge in [-0.25, -0.2) is 0 Å². The molecule has 1 aromatic rings. The van der Waals surface area contributed by atoms with Crippen LogP contribution < -0.4 is 0 Å². The van der Waals surface area contributed by atoms with Crippen LogP contribution in [0.1, 0.15) is 38.6 Å². The molecule has 0 aromatic carbocycles. The number of nitrogens with zero attached hydrogens (tertiary/aromatic N) is 2. The van der Waals surface area contributed by atoms with Gasteiger partial charge in [0.25, 0.3) is 0 Å². The minimum atomic E-state index is 0.0528. The Hall–Kier alpha value is -0.640. The first-order valence-corrected chi connectivity index (χ1v) is 6.19. The minimum Gasteiger partial charge on any atom is -0.299 e. The van der Waals surface area contributed by atoms with E-state index in [4.69, 9.17) is 0 Å². The molecule has 0 fully saturated rings. The number of aromatic nitrogens is 2. The highest BCUT2D eigenvalue weighted by molar-refractivity contribution is 9.10. The molecule has 0 radical (unpaired) electrons. The van der Waals surface area contributed by atoms with Crippen molar-refractivity contribution < 1.29 is 4.79 Å². The van der Waals surface area contributed by atoms with E-state index in [0.29, 0.717) is 12.8 Å². The van der Waals surface area contributed by atoms with Gasteiger partial charge in [-0.05, 0) is 28.3 Å². The van der Waals surface area contributed by atoms with E-state index in [2.05, 4.69) is 41.8 Å². The summed E-state index contributed by atoms with van der Waals surface area (Å²) in [7, 11) is 1.87. The summed E-state index contributed by atoms with van der Waals surface area (Å²) in [5, 5.41) is 4.28. The molecule has 0 atom stereocenters. The molecule has 0 N–H and O–H groups in total. The number of hydrogen-bond donors (Lipinski definition) is 0. The van der Waals surface area contributed by atoms with Gasteiger partial charge < -0.3 is 0 Å². The van der Waals surface area contributed by atoms with Gasteiger partial charge in [0.15, 0.2) is 0 Å². The topological polar surface area (TPSA) is 34.9 Å². The van der Waals surface area contributed by atoms with Gasteiger partial charge in [0.1, 0.15) is 5.78 Å². The molecule has 0 unspecified atom stereocenters. The predicted octanol–water partition coefficient (Wildman–Crippen LogP) is 3.04. The van der Waals surface area contributed by atoms with Crippen LogP contribution >= 0.6 is 15.9 Å². The van der Waals surface area contributed by atoms with Gasteiger partial charge in [-0.1, -0.05) is 20.8 Å². The number of rotatable bonds is 3. The van der Waals surface area contributed by atoms with Crippen molar-refractivity contribution in [2.45, 2.75) is 40.5 Å². The molecular weight excluding hydrogens is 268 g/mol. The Balaban J connectivity index is 2.78. The number of Topliss-reactive ketones (excluding diaryl/α,β-unsaturated/α-hetero) is 1. The highest BCUT2D eigenvalue weighted by Crippen LogP contribution is 2.24. The monoisotopic (exact) mass is 286 g/mol. The maximum absolute atomic E-state index is 11.9. The zero-order valence-corrected chi connectivity index (χ0v) is 12.2. The van der Waals surface area contributed by atoms with Crippen LogP contribution in [-0.4, -0.2) is 15.6 Å². The molecule has 0 aliphatic rings. The second kappa shape index (κ2) is 4.70. The quantitative estimate of drug-likeness (QED) is 0.856. The van der Waals surface area contributed by atoms with Crippen molar-refractivity contribution in [1.82, 2.24) is 9.78 Å². The number of hydrogen-bond acceptors (Lipinski definition) is 2. The molecule has 90 valence electrons. The normalized spacial score (nSPS) is 11.9. The first kappa shape index (κ1) is 13.4. The summed E-state index contributed by atoms with van der Waals surface area (Å²) in [6.07, 6.45) is 1.05. The average molecular weight is 287 g/mol. The van der Waals surface area contributed by atoms with E-state index >= 15 is 0 Å². The fourth-order valence-electron chi connectivity index (χ4n) is 1.71. The largest absolute Gasteiger partial charge is 0.299 e. The van der Waals surface area contributed by atoms with Gasteiger partial charge >= 0.3 is 0 Å². The number of ketones is 1. The lowest BCUT2D eigenvalue weighted by Crippen LogP contribution is -2.16. The van der Waals surface area contributed by atoms with Gasteiger partial charge in [-0.3, -0.25) is 9.48 Å². The van der Waals surface area contributed by atoms with Crippen molar-refractivity contribution in [3.05, 3.63) is 15.9 Å². The van der Waals surface area contributed by atoms with Gasteiger partial charge in [-0.2, -0.15) is 5.10 Å². The maximum atomic E-state index is 11.9. The lowest BCUT2D eigenvalue weighted by atomic mass is 9.89. The van der Waals surface area contributed by atoms with Gasteiger partial charge in [0.2, 0.25) is 0 Å². The standard InChI is InChI=1S/C12H19BrN2O/c1-8-11(13)10(15(5)14-8)6-9(16)7-12(2,3)4/h6-7H2,1-5H3. The van der Waals surface area contributed by atoms with Gasteiger partial charge in [0, 0.05) is 19.9 Å². The van der Waals surface area contributed by atoms with Crippen LogP contribution in [-0.2, 0) is 18.3 Å². The Labute approximate surface area is 105 Å². The average Bonchev–Trinajstić information content (AvgIpc) is 2.29. The van der Waals surface area contributed by atoms with Crippen molar-refractivity contribution in [1.29, 1.82) is 0 Å². The van der Waals surface area contributed by atoms with Crippen molar-refractivity contribution in [3.8, 4) is 0 Å². The Morgan fingerprint density at radius 2 is 2.00 bits per heavy atom. The second-order valence-electron chi connectivity index (χ2n) is 5.42. The predicted molar refractivity (Wildman–Crippen MR) is 68.4 cm³/mol. The van der Waals surface area contributed by atoms with E-state index in [9.17, 15) is 4.79 Å². The van der Waals surface area contributed by atoms with Crippen LogP contribution in [0.4, 0.5) is 0 Å². The molecule has 1 rings (SSSR count). The summed E-state index contributed by atoms with van der Waals surface area (Å²) < 4.78 is 2.73. The number of carbonyl (C=O) groups excluding carboxylic acids is 1. The number of carbonyl (C=O) groups is 1. The van der Waals surface area contributed by atoms with Crippen LogP contribution in [0.15, 0.2) is 4.47 Å². The van der Waals surface area contributed by atoms with Crippen molar-refractivity contribution in [2.75, 3.05) is 0 Å². The molecular formula is C12H19BrN2O. The molecule has 0 saturated heterocycles. The Morgan fingerprint density at radius 3 is 2.38 bits per heavy atom. The molecule has 0 aliphatic heterocycles. The minimum absolute atomic E-state index is 0.0528. The highest BCUT2D eigenvalue weighted by atomic mass is 79.9. The molecule has 0 bridgehead atoms. The van der Waals surface area contributed by atoms with E-state index in [1.165, 1.54) is 0 Å². The van der Waals surface area contributed by atoms with Crippen molar-refractivity contribution in [2.24, 2.45) is 12.5 Å². The first-order valence-electron chi connectivity index (χ1n) is 5.40. The van der Waals surface area contributed by atoms with Crippen LogP contribution in [0, 0.1) is 12.3 Å². The first-order chi connectivity index (χ1) is 7.20. The fourth-order valence-corrected chi connectivity index (χ4v) is 2.19. The fraction of sp³-hybridized carbons (Fsp3) is 0.667. The van der Waals surface area contributed by atoms with E-state index in [0.717, 1.165) is 15.9 Å². The lowest BCUT2D eigenvalue weighted by Gasteiger charge is -2.16. The van der Waals surface area contributed by atoms with E-state index in [1.807, 2.05) is 14.0 Å². The SMILES string of the molecule is Cc1nn(C)c(CC(=O)CC(C)(C)C)c1Br. The summed E-state index contributed by atoms with van der Waals surface area (Å²) in [5.41, 5.74) is 1.95. The maximum Gasteiger partial charge on any atom is 0.139 e. The molecule has 0 amide bonds. The number of halogens is 1. The molecule has 1 heterocycles. The smallest absolute Gasteiger partial charge is 0.139 e. The van der Waals surface area contributed by atoms with E-state index in [-0.39, 0.29) is 11.2 Å². The van der Waals surface area contributed by atoms with Crippen LogP contribution in [0.25, 0.3) is 0 Å². The molecule has 16 heavy (non-hydrogen) atoms. The Morgan fingerprint density at radius 1 is 1.44 bits per heavy atom. The highest BCUT2D eigenvalue weighted by Gasteiger charge is 2.19. The third-order valence-electron chi connectivity index (χ3n) is 2.35. The number of aryl methyl sites for hydroxylation is 2. The van der Waals surface area contributed by atoms with Crippen LogP contribution in [0.3, 0.4) is 0 Å². The summed E-state index contributed by atoms with van der Waals surface area (Å²) in [6.45, 7) is 8.17. The lowest BCUT2D eigenvalue weighted by molar-refractivity contribution is -0.120. The Kier molecular flexibility index (Phi) is 3.94. The Bertz CT molecular complexity index is 402. The van der Waals surface area contributed by atoms with E-state index < -0.39 is 0 Å². The molecule has 0 spiro atoms. The second-order valence-corrected chi connectivity index (χ2v) is 6.22. The molecule has 0 saturated carbocycles. The van der Waals surface area contributed by atoms with E-state index in [1.54, 1.807) is 4.68 Å². The van der Waals surface area contributed by atoms with Crippen molar-refractivity contribution in [3.63, 3.8) is 0 Å². The van der Waals surface area contributed by atoms with Gasteiger partial charge in [0.05, 0.1) is 15.9 Å². The third-order valence-corrected chi connectivity index (χ3v) is 3.39. The van der Waals surface area contributed by atoms with Gasteiger partial charge in [-0.15, -0.1) is 0 Å². The molecule has 0 aliphatic carbocycles. The zero-order chi connectivity index (χ0) is 12.5. The zero-order valence-electron chi connectivity index (χ0n) is 10.6. The molecule has 1 aromatic heterocycles. The third kappa shape index (κ3) is 3.44. The summed E-state index contributed by atoms with van der Waals surface area (Å²) in [4.78, 5) is 11.9. The van der Waals surface area contributed by atoms with Crippen molar-refractivity contribution >= 4 is 21.7 Å². The van der Waals surface area contributed by atoms with Crippen LogP contribution in [0.5, 0.6) is 0 Å².